The van der Waals surface area contributed by atoms with Crippen LogP contribution in [0.25, 0.3) is 0 Å². The van der Waals surface area contributed by atoms with Crippen molar-refractivity contribution >= 4 is 5.91 Å². The highest BCUT2D eigenvalue weighted by Gasteiger charge is 2.29. The molecule has 1 amide bonds. The van der Waals surface area contributed by atoms with Crippen LogP contribution < -0.4 is 5.32 Å². The van der Waals surface area contributed by atoms with E-state index < -0.39 is 0 Å². The van der Waals surface area contributed by atoms with Gasteiger partial charge in [-0.1, -0.05) is 30.3 Å². The maximum atomic E-state index is 11.7. The highest BCUT2D eigenvalue weighted by atomic mass is 16.2. The zero-order chi connectivity index (χ0) is 15.4. The van der Waals surface area contributed by atoms with Crippen molar-refractivity contribution in [1.29, 1.82) is 0 Å². The summed E-state index contributed by atoms with van der Waals surface area (Å²) < 4.78 is 0. The average molecular weight is 301 g/mol. The van der Waals surface area contributed by atoms with E-state index in [4.69, 9.17) is 0 Å². The lowest BCUT2D eigenvalue weighted by atomic mass is 10.0. The molecular weight excluding hydrogens is 274 g/mol. The lowest BCUT2D eigenvalue weighted by Crippen LogP contribution is -2.47. The molecule has 22 heavy (non-hydrogen) atoms. The summed E-state index contributed by atoms with van der Waals surface area (Å²) in [6, 6.07) is 11.3. The van der Waals surface area contributed by atoms with Crippen LogP contribution >= 0.6 is 0 Å². The molecule has 2 fully saturated rings. The van der Waals surface area contributed by atoms with Crippen molar-refractivity contribution in [3.8, 4) is 0 Å². The van der Waals surface area contributed by atoms with Gasteiger partial charge in [0.2, 0.25) is 5.91 Å². The topological polar surface area (TPSA) is 35.6 Å². The molecule has 1 atom stereocenters. The molecule has 4 nitrogen and oxygen atoms in total. The second kappa shape index (κ2) is 7.25. The van der Waals surface area contributed by atoms with Crippen LogP contribution in [0.15, 0.2) is 30.3 Å². The quantitative estimate of drug-likeness (QED) is 0.815. The molecule has 1 aromatic carbocycles. The van der Waals surface area contributed by atoms with Crippen molar-refractivity contribution in [2.45, 2.75) is 25.3 Å². The Morgan fingerprint density at radius 1 is 1.23 bits per heavy atom. The first-order valence-electron chi connectivity index (χ1n) is 8.49. The Kier molecular flexibility index (Phi) is 5.11. The third kappa shape index (κ3) is 4.08. The molecule has 0 radical (unpaired) electrons. The molecule has 0 aromatic heterocycles. The molecule has 1 aromatic rings. The Balaban J connectivity index is 1.50. The van der Waals surface area contributed by atoms with Crippen molar-refractivity contribution in [2.75, 3.05) is 39.8 Å². The van der Waals surface area contributed by atoms with Gasteiger partial charge in [0.05, 0.1) is 0 Å². The van der Waals surface area contributed by atoms with Crippen molar-refractivity contribution < 1.29 is 4.79 Å². The van der Waals surface area contributed by atoms with Crippen LogP contribution in [0, 0.1) is 5.92 Å². The van der Waals surface area contributed by atoms with Crippen LogP contribution in [0.2, 0.25) is 0 Å². The molecule has 1 saturated carbocycles. The molecule has 0 bridgehead atoms. The first-order chi connectivity index (χ1) is 10.7. The van der Waals surface area contributed by atoms with Gasteiger partial charge in [0.1, 0.15) is 0 Å². The Morgan fingerprint density at radius 2 is 2.00 bits per heavy atom. The summed E-state index contributed by atoms with van der Waals surface area (Å²) in [4.78, 5) is 16.6. The van der Waals surface area contributed by atoms with Gasteiger partial charge in [-0.25, -0.2) is 0 Å². The predicted octanol–water partition coefficient (Wildman–Crippen LogP) is 1.89. The zero-order valence-corrected chi connectivity index (χ0v) is 13.5. The fourth-order valence-corrected chi connectivity index (χ4v) is 3.20. The number of carbonyl (C=O) groups is 1. The number of nitrogens with one attached hydrogen (secondary N) is 1. The van der Waals surface area contributed by atoms with E-state index in [2.05, 4.69) is 52.5 Å². The van der Waals surface area contributed by atoms with Gasteiger partial charge in [0.15, 0.2) is 0 Å². The van der Waals surface area contributed by atoms with E-state index in [1.54, 1.807) is 0 Å². The fraction of sp³-hybridized carbons (Fsp3) is 0.611. The van der Waals surface area contributed by atoms with Crippen molar-refractivity contribution in [2.24, 2.45) is 5.92 Å². The van der Waals surface area contributed by atoms with E-state index in [-0.39, 0.29) is 5.91 Å². The van der Waals surface area contributed by atoms with Gasteiger partial charge >= 0.3 is 0 Å². The summed E-state index contributed by atoms with van der Waals surface area (Å²) >= 11 is 0. The number of amides is 1. The molecule has 1 saturated heterocycles. The second-order valence-electron chi connectivity index (χ2n) is 6.64. The number of nitrogens with zero attached hydrogens (tertiary/aromatic N) is 2. The van der Waals surface area contributed by atoms with E-state index in [1.807, 2.05) is 0 Å². The molecule has 120 valence electrons. The van der Waals surface area contributed by atoms with Gasteiger partial charge < -0.3 is 10.2 Å². The monoisotopic (exact) mass is 301 g/mol. The Morgan fingerprint density at radius 3 is 2.73 bits per heavy atom. The van der Waals surface area contributed by atoms with Crippen LogP contribution in [0.4, 0.5) is 0 Å². The molecular formula is C18H27N3O. The van der Waals surface area contributed by atoms with Crippen molar-refractivity contribution in [1.82, 2.24) is 15.1 Å². The first-order valence-corrected chi connectivity index (χ1v) is 8.49. The van der Waals surface area contributed by atoms with E-state index in [0.29, 0.717) is 12.0 Å². The molecule has 4 heteroatoms. The first kappa shape index (κ1) is 15.5. The van der Waals surface area contributed by atoms with E-state index >= 15 is 0 Å². The van der Waals surface area contributed by atoms with Gasteiger partial charge in [-0.05, 0) is 31.9 Å². The normalized spacial score (nSPS) is 23.4. The lowest BCUT2D eigenvalue weighted by molar-refractivity contribution is -0.122. The highest BCUT2D eigenvalue weighted by Crippen LogP contribution is 2.28. The molecule has 0 unspecified atom stereocenters. The van der Waals surface area contributed by atoms with Gasteiger partial charge in [-0.2, -0.15) is 0 Å². The van der Waals surface area contributed by atoms with Crippen LogP contribution in [0.3, 0.4) is 0 Å². The summed E-state index contributed by atoms with van der Waals surface area (Å²) in [6.07, 6.45) is 3.20. The molecule has 1 aliphatic heterocycles. The molecule has 1 aliphatic carbocycles. The maximum absolute atomic E-state index is 11.7. The largest absolute Gasteiger partial charge is 0.356 e. The minimum atomic E-state index is 0.262. The SMILES string of the molecule is CN1CCN(CCCNC(=O)C2CC2)[C@@H](c2ccccc2)C1. The van der Waals surface area contributed by atoms with Crippen molar-refractivity contribution in [3.63, 3.8) is 0 Å². The second-order valence-corrected chi connectivity index (χ2v) is 6.64. The Hall–Kier alpha value is -1.39. The van der Waals surface area contributed by atoms with E-state index in [0.717, 1.165) is 52.0 Å². The molecule has 0 spiro atoms. The van der Waals surface area contributed by atoms with E-state index in [1.165, 1.54) is 5.56 Å². The van der Waals surface area contributed by atoms with Crippen LogP contribution in [0.5, 0.6) is 0 Å². The number of hydrogen-bond donors (Lipinski definition) is 1. The number of likely N-dealkylation sites (N-methyl/N-ethyl adjacent to an activating group) is 1. The van der Waals surface area contributed by atoms with Crippen molar-refractivity contribution in [3.05, 3.63) is 35.9 Å². The Bertz CT molecular complexity index is 486. The Labute approximate surface area is 133 Å². The summed E-state index contributed by atoms with van der Waals surface area (Å²) in [7, 11) is 2.20. The third-order valence-corrected chi connectivity index (χ3v) is 4.75. The number of benzene rings is 1. The third-order valence-electron chi connectivity index (χ3n) is 4.75. The highest BCUT2D eigenvalue weighted by molar-refractivity contribution is 5.80. The number of piperazine rings is 1. The zero-order valence-electron chi connectivity index (χ0n) is 13.5. The molecule has 1 N–H and O–H groups in total. The molecule has 1 heterocycles. The number of hydrogen-bond acceptors (Lipinski definition) is 3. The van der Waals surface area contributed by atoms with Gasteiger partial charge in [0.25, 0.3) is 0 Å². The maximum Gasteiger partial charge on any atom is 0.223 e. The van der Waals surface area contributed by atoms with E-state index in [9.17, 15) is 4.79 Å². The fourth-order valence-electron chi connectivity index (χ4n) is 3.20. The van der Waals surface area contributed by atoms with Gasteiger partial charge in [0, 0.05) is 44.7 Å². The average Bonchev–Trinajstić information content (AvgIpc) is 3.38. The smallest absolute Gasteiger partial charge is 0.223 e. The minimum absolute atomic E-state index is 0.262. The summed E-state index contributed by atoms with van der Waals surface area (Å²) in [6.45, 7) is 5.17. The molecule has 2 aliphatic rings. The minimum Gasteiger partial charge on any atom is -0.356 e. The summed E-state index contributed by atoms with van der Waals surface area (Å²) in [5.74, 6) is 0.582. The predicted molar refractivity (Wildman–Crippen MR) is 88.6 cm³/mol. The summed E-state index contributed by atoms with van der Waals surface area (Å²) in [5.41, 5.74) is 1.40. The summed E-state index contributed by atoms with van der Waals surface area (Å²) in [5, 5.41) is 3.07. The van der Waals surface area contributed by atoms with Gasteiger partial charge in [-0.3, -0.25) is 9.69 Å². The standard InChI is InChI=1S/C18H27N3O/c1-20-12-13-21(11-5-10-19-18(22)16-8-9-16)17(14-20)15-6-3-2-4-7-15/h2-4,6-7,16-17H,5,8-14H2,1H3,(H,19,22)/t17-/m1/s1. The van der Waals surface area contributed by atoms with Crippen LogP contribution in [0.1, 0.15) is 30.9 Å². The number of rotatable bonds is 6. The lowest BCUT2D eigenvalue weighted by Gasteiger charge is -2.40. The van der Waals surface area contributed by atoms with Crippen LogP contribution in [-0.4, -0.2) is 55.5 Å². The molecule has 3 rings (SSSR count). The van der Waals surface area contributed by atoms with Gasteiger partial charge in [-0.15, -0.1) is 0 Å². The number of carbonyl (C=O) groups excluding carboxylic acids is 1. The van der Waals surface area contributed by atoms with Crippen LogP contribution in [-0.2, 0) is 4.79 Å².